The van der Waals surface area contributed by atoms with Gasteiger partial charge in [0.25, 0.3) is 0 Å². The summed E-state index contributed by atoms with van der Waals surface area (Å²) >= 11 is 0. The maximum atomic E-state index is 12.4. The van der Waals surface area contributed by atoms with Crippen LogP contribution in [0.3, 0.4) is 0 Å². The lowest BCUT2D eigenvalue weighted by Crippen LogP contribution is -2.29. The van der Waals surface area contributed by atoms with Crippen molar-refractivity contribution in [1.82, 2.24) is 0 Å². The number of carbonyl (C=O) groups excluding carboxylic acids is 2. The molecule has 0 heterocycles. The number of unbranched alkanes of at least 4 members (excludes halogenated alkanes) is 24. The van der Waals surface area contributed by atoms with Crippen molar-refractivity contribution in [2.45, 2.75) is 225 Å². The largest absolute Gasteiger partial charge is 0.469 e. The predicted octanol–water partition coefficient (Wildman–Crippen LogP) is 14.3. The number of phosphoric acid groups is 1. The van der Waals surface area contributed by atoms with Gasteiger partial charge in [0.15, 0.2) is 6.10 Å². The van der Waals surface area contributed by atoms with E-state index in [1.165, 1.54) is 122 Å². The zero-order valence-corrected chi connectivity index (χ0v) is 36.9. The molecule has 0 fully saturated rings. The first-order valence-corrected chi connectivity index (χ1v) is 24.5. The fraction of sp³-hybridized carbons (Fsp3) is 0.787. The maximum Gasteiger partial charge on any atom is 0.469 e. The minimum absolute atomic E-state index is 0.205. The highest BCUT2D eigenvalue weighted by Crippen LogP contribution is 2.36. The van der Waals surface area contributed by atoms with Gasteiger partial charge in [0, 0.05) is 12.8 Å². The summed E-state index contributed by atoms with van der Waals surface area (Å²) in [5.74, 6) is -0.927. The first kappa shape index (κ1) is 54.0. The highest BCUT2D eigenvalue weighted by atomic mass is 31.2. The van der Waals surface area contributed by atoms with Crippen LogP contribution in [0.4, 0.5) is 0 Å². The Morgan fingerprint density at radius 2 is 0.857 bits per heavy atom. The zero-order chi connectivity index (χ0) is 41.1. The van der Waals surface area contributed by atoms with Gasteiger partial charge in [-0.25, -0.2) is 4.57 Å². The van der Waals surface area contributed by atoms with Crippen LogP contribution < -0.4 is 0 Å². The fourth-order valence-electron chi connectivity index (χ4n) is 6.48. The smallest absolute Gasteiger partial charge is 0.462 e. The molecule has 0 bridgehead atoms. The number of hydrogen-bond acceptors (Lipinski definition) is 6. The normalized spacial score (nSPS) is 12.9. The molecule has 0 aliphatic rings. The second-order valence-corrected chi connectivity index (χ2v) is 16.6. The van der Waals surface area contributed by atoms with Gasteiger partial charge in [-0.3, -0.25) is 14.1 Å². The third-order valence-corrected chi connectivity index (χ3v) is 10.3. The van der Waals surface area contributed by atoms with Gasteiger partial charge in [-0.2, -0.15) is 0 Å². The standard InChI is InChI=1S/C47H85O8P/c1-3-5-7-9-11-13-15-17-19-20-21-22-23-24-25-26-28-30-32-34-36-38-40-42-47(49)55-45(44-54-56(50,51)52)43-53-46(48)41-39-37-35-33-31-29-27-18-16-14-12-10-8-6-4-2/h6,8,12,14,18,27,31,33,45H,3-5,7,9-11,13,15-17,19-26,28-30,32,34-44H2,1-2H3,(H2,50,51,52)/b8-6+,14-12+,27-18+,33-31+/t45-/m1/s1. The Kier molecular flexibility index (Phi) is 41.1. The van der Waals surface area contributed by atoms with Gasteiger partial charge in [-0.1, -0.05) is 204 Å². The van der Waals surface area contributed by atoms with Gasteiger partial charge >= 0.3 is 19.8 Å². The van der Waals surface area contributed by atoms with E-state index in [-0.39, 0.29) is 19.4 Å². The van der Waals surface area contributed by atoms with Crippen LogP contribution in [-0.4, -0.2) is 41.0 Å². The van der Waals surface area contributed by atoms with Crippen LogP contribution in [0.25, 0.3) is 0 Å². The van der Waals surface area contributed by atoms with E-state index < -0.39 is 32.5 Å². The Morgan fingerprint density at radius 3 is 1.29 bits per heavy atom. The first-order valence-electron chi connectivity index (χ1n) is 22.9. The van der Waals surface area contributed by atoms with E-state index in [0.29, 0.717) is 12.8 Å². The molecule has 326 valence electrons. The lowest BCUT2D eigenvalue weighted by Gasteiger charge is -2.18. The summed E-state index contributed by atoms with van der Waals surface area (Å²) in [5, 5.41) is 0. The second-order valence-electron chi connectivity index (χ2n) is 15.4. The minimum atomic E-state index is -4.76. The third kappa shape index (κ3) is 44.7. The molecule has 0 rings (SSSR count). The third-order valence-electron chi connectivity index (χ3n) is 9.86. The molecule has 2 N–H and O–H groups in total. The van der Waals surface area contributed by atoms with E-state index in [1.54, 1.807) is 0 Å². The Balaban J connectivity index is 3.86. The van der Waals surface area contributed by atoms with E-state index in [9.17, 15) is 14.2 Å². The van der Waals surface area contributed by atoms with Crippen molar-refractivity contribution in [2.24, 2.45) is 0 Å². The molecule has 1 atom stereocenters. The van der Waals surface area contributed by atoms with Crippen molar-refractivity contribution in [2.75, 3.05) is 13.2 Å². The van der Waals surface area contributed by atoms with Crippen molar-refractivity contribution >= 4 is 19.8 Å². The molecule has 0 saturated carbocycles. The highest BCUT2D eigenvalue weighted by molar-refractivity contribution is 7.46. The lowest BCUT2D eigenvalue weighted by molar-refractivity contribution is -0.161. The Morgan fingerprint density at radius 1 is 0.482 bits per heavy atom. The maximum absolute atomic E-state index is 12.4. The van der Waals surface area contributed by atoms with Gasteiger partial charge in [-0.05, 0) is 51.4 Å². The van der Waals surface area contributed by atoms with Crippen molar-refractivity contribution in [3.05, 3.63) is 48.6 Å². The molecule has 0 unspecified atom stereocenters. The summed E-state index contributed by atoms with van der Waals surface area (Å²) in [7, 11) is -4.76. The summed E-state index contributed by atoms with van der Waals surface area (Å²) in [6, 6.07) is 0. The molecular weight excluding hydrogens is 723 g/mol. The van der Waals surface area contributed by atoms with E-state index in [2.05, 4.69) is 67.0 Å². The van der Waals surface area contributed by atoms with Crippen LogP contribution in [0.2, 0.25) is 0 Å². The number of carbonyl (C=O) groups is 2. The number of esters is 2. The molecule has 0 amide bonds. The zero-order valence-electron chi connectivity index (χ0n) is 36.0. The number of rotatable bonds is 42. The average Bonchev–Trinajstić information content (AvgIpc) is 3.17. The van der Waals surface area contributed by atoms with Crippen molar-refractivity contribution in [1.29, 1.82) is 0 Å². The molecule has 0 aromatic rings. The summed E-state index contributed by atoms with van der Waals surface area (Å²) in [4.78, 5) is 42.9. The van der Waals surface area contributed by atoms with Crippen molar-refractivity contribution in [3.8, 4) is 0 Å². The number of hydrogen-bond donors (Lipinski definition) is 2. The molecule has 0 spiro atoms. The monoisotopic (exact) mass is 809 g/mol. The lowest BCUT2D eigenvalue weighted by atomic mass is 10.0. The molecule has 56 heavy (non-hydrogen) atoms. The Hall–Kier alpha value is -1.99. The molecule has 0 aliphatic carbocycles. The molecule has 0 saturated heterocycles. The SMILES string of the molecule is CC/C=C/C/C=C/C/C=C/C/C=C/CCCCC(=O)OC[C@H](COP(=O)(O)O)OC(=O)CCCCCCCCCCCCCCCCCCCCCCCCC. The van der Waals surface area contributed by atoms with Gasteiger partial charge in [0.2, 0.25) is 0 Å². The summed E-state index contributed by atoms with van der Waals surface area (Å²) in [6.45, 7) is 3.56. The van der Waals surface area contributed by atoms with E-state index in [4.69, 9.17) is 19.3 Å². The van der Waals surface area contributed by atoms with Gasteiger partial charge in [0.1, 0.15) is 6.61 Å². The van der Waals surface area contributed by atoms with Crippen LogP contribution in [0.5, 0.6) is 0 Å². The van der Waals surface area contributed by atoms with Crippen LogP contribution in [0, 0.1) is 0 Å². The number of allylic oxidation sites excluding steroid dienone is 8. The van der Waals surface area contributed by atoms with Crippen LogP contribution in [0.15, 0.2) is 48.6 Å². The Bertz CT molecular complexity index is 1050. The number of ether oxygens (including phenoxy) is 2. The van der Waals surface area contributed by atoms with Crippen LogP contribution >= 0.6 is 7.82 Å². The molecule has 0 aliphatic heterocycles. The summed E-state index contributed by atoms with van der Waals surface area (Å²) < 4.78 is 26.4. The molecule has 0 aromatic heterocycles. The topological polar surface area (TPSA) is 119 Å². The molecule has 0 aromatic carbocycles. The van der Waals surface area contributed by atoms with Crippen LogP contribution in [-0.2, 0) is 28.2 Å². The minimum Gasteiger partial charge on any atom is -0.462 e. The van der Waals surface area contributed by atoms with E-state index in [0.717, 1.165) is 57.8 Å². The summed E-state index contributed by atoms with van der Waals surface area (Å²) in [5.41, 5.74) is 0. The molecule has 9 heteroatoms. The van der Waals surface area contributed by atoms with Crippen LogP contribution in [0.1, 0.15) is 219 Å². The average molecular weight is 809 g/mol. The molecular formula is C47H85O8P. The van der Waals surface area contributed by atoms with Gasteiger partial charge < -0.3 is 19.3 Å². The highest BCUT2D eigenvalue weighted by Gasteiger charge is 2.22. The fourth-order valence-corrected chi connectivity index (χ4v) is 6.84. The van der Waals surface area contributed by atoms with E-state index in [1.807, 2.05) is 0 Å². The summed E-state index contributed by atoms with van der Waals surface area (Å²) in [6.07, 6.45) is 52.8. The van der Waals surface area contributed by atoms with Gasteiger partial charge in [0.05, 0.1) is 6.61 Å². The first-order chi connectivity index (χ1) is 27.3. The predicted molar refractivity (Wildman–Crippen MR) is 234 cm³/mol. The van der Waals surface area contributed by atoms with Crippen molar-refractivity contribution in [3.63, 3.8) is 0 Å². The number of phosphoric ester groups is 1. The van der Waals surface area contributed by atoms with E-state index >= 15 is 0 Å². The second kappa shape index (κ2) is 42.6. The molecule has 0 radical (unpaired) electrons. The Labute approximate surface area is 344 Å². The quantitative estimate of drug-likeness (QED) is 0.0271. The van der Waals surface area contributed by atoms with Crippen molar-refractivity contribution < 1.29 is 37.9 Å². The van der Waals surface area contributed by atoms with Gasteiger partial charge in [-0.15, -0.1) is 0 Å². The molecule has 8 nitrogen and oxygen atoms in total.